The smallest absolute Gasteiger partial charge is 0.0362 e. The number of nitrogens with zero attached hydrogens (tertiary/aromatic N) is 1. The average molecular weight is 280 g/mol. The molecule has 1 unspecified atom stereocenters. The van der Waals surface area contributed by atoms with E-state index in [2.05, 4.69) is 43.6 Å². The fourth-order valence-electron chi connectivity index (χ4n) is 4.07. The average Bonchev–Trinajstić information content (AvgIpc) is 2.94. The molecule has 0 bridgehead atoms. The molecule has 1 rings (SSSR count). The van der Waals surface area contributed by atoms with Gasteiger partial charge in [-0.15, -0.1) is 6.58 Å². The SMILES string of the molecule is C=CCCCC(NCCC)C1(N(CC)CC)CCCC1. The van der Waals surface area contributed by atoms with E-state index in [9.17, 15) is 0 Å². The first kappa shape index (κ1) is 17.7. The van der Waals surface area contributed by atoms with Crippen molar-refractivity contribution in [3.05, 3.63) is 12.7 Å². The van der Waals surface area contributed by atoms with Crippen molar-refractivity contribution in [1.29, 1.82) is 0 Å². The number of allylic oxidation sites excluding steroid dienone is 1. The van der Waals surface area contributed by atoms with Crippen LogP contribution in [0.3, 0.4) is 0 Å². The molecule has 0 spiro atoms. The standard InChI is InChI=1S/C18H36N2/c1-5-9-10-13-17(19-16-6-2)18(14-11-12-15-18)20(7-3)8-4/h5,17,19H,1,6-16H2,2-4H3. The van der Waals surface area contributed by atoms with E-state index >= 15 is 0 Å². The van der Waals surface area contributed by atoms with Crippen LogP contribution in [0, 0.1) is 0 Å². The van der Waals surface area contributed by atoms with Crippen molar-refractivity contribution in [2.75, 3.05) is 19.6 Å². The highest BCUT2D eigenvalue weighted by Gasteiger charge is 2.44. The van der Waals surface area contributed by atoms with Crippen LogP contribution in [-0.4, -0.2) is 36.1 Å². The zero-order valence-electron chi connectivity index (χ0n) is 14.1. The van der Waals surface area contributed by atoms with Gasteiger partial charge in [-0.1, -0.05) is 39.7 Å². The van der Waals surface area contributed by atoms with Crippen molar-refractivity contribution >= 4 is 0 Å². The minimum absolute atomic E-state index is 0.417. The largest absolute Gasteiger partial charge is 0.312 e. The Kier molecular flexibility index (Phi) is 8.47. The maximum Gasteiger partial charge on any atom is 0.0362 e. The van der Waals surface area contributed by atoms with Gasteiger partial charge in [0.15, 0.2) is 0 Å². The molecule has 1 N–H and O–H groups in total. The van der Waals surface area contributed by atoms with Gasteiger partial charge in [-0.05, 0) is 58.2 Å². The zero-order valence-corrected chi connectivity index (χ0v) is 14.1. The molecule has 118 valence electrons. The fourth-order valence-corrected chi connectivity index (χ4v) is 4.07. The number of unbranched alkanes of at least 4 members (excludes halogenated alkanes) is 1. The molecule has 1 aliphatic carbocycles. The quantitative estimate of drug-likeness (QED) is 0.447. The van der Waals surface area contributed by atoms with Crippen LogP contribution in [0.2, 0.25) is 0 Å². The Labute approximate surface area is 127 Å². The first-order chi connectivity index (χ1) is 9.75. The lowest BCUT2D eigenvalue weighted by Gasteiger charge is -2.47. The highest BCUT2D eigenvalue weighted by atomic mass is 15.2. The molecule has 0 radical (unpaired) electrons. The highest BCUT2D eigenvalue weighted by molar-refractivity contribution is 5.03. The Bertz CT molecular complexity index is 252. The summed E-state index contributed by atoms with van der Waals surface area (Å²) in [6, 6.07) is 0.657. The van der Waals surface area contributed by atoms with Gasteiger partial charge in [0.2, 0.25) is 0 Å². The van der Waals surface area contributed by atoms with Crippen LogP contribution in [0.1, 0.15) is 72.1 Å². The van der Waals surface area contributed by atoms with E-state index in [1.165, 1.54) is 58.0 Å². The monoisotopic (exact) mass is 280 g/mol. The lowest BCUT2D eigenvalue weighted by molar-refractivity contribution is 0.0589. The van der Waals surface area contributed by atoms with Crippen LogP contribution in [0.4, 0.5) is 0 Å². The summed E-state index contributed by atoms with van der Waals surface area (Å²) < 4.78 is 0. The fraction of sp³-hybridized carbons (Fsp3) is 0.889. The highest BCUT2D eigenvalue weighted by Crippen LogP contribution is 2.39. The predicted molar refractivity (Wildman–Crippen MR) is 90.2 cm³/mol. The molecule has 0 aromatic heterocycles. The third-order valence-corrected chi connectivity index (χ3v) is 5.05. The molecule has 1 fully saturated rings. The summed E-state index contributed by atoms with van der Waals surface area (Å²) in [5.41, 5.74) is 0.417. The van der Waals surface area contributed by atoms with E-state index in [1.807, 2.05) is 0 Å². The van der Waals surface area contributed by atoms with Crippen molar-refractivity contribution in [2.45, 2.75) is 83.7 Å². The second-order valence-electron chi connectivity index (χ2n) is 6.21. The summed E-state index contributed by atoms with van der Waals surface area (Å²) in [4.78, 5) is 2.74. The van der Waals surface area contributed by atoms with Crippen LogP contribution in [0.5, 0.6) is 0 Å². The maximum absolute atomic E-state index is 3.88. The van der Waals surface area contributed by atoms with Gasteiger partial charge in [-0.3, -0.25) is 4.90 Å². The van der Waals surface area contributed by atoms with Gasteiger partial charge >= 0.3 is 0 Å². The Morgan fingerprint density at radius 2 is 1.85 bits per heavy atom. The number of likely N-dealkylation sites (N-methyl/N-ethyl adjacent to an activating group) is 1. The maximum atomic E-state index is 3.88. The molecule has 0 aromatic carbocycles. The van der Waals surface area contributed by atoms with Crippen molar-refractivity contribution in [3.63, 3.8) is 0 Å². The second-order valence-corrected chi connectivity index (χ2v) is 6.21. The number of hydrogen-bond acceptors (Lipinski definition) is 2. The molecule has 0 aliphatic heterocycles. The normalized spacial score (nSPS) is 19.4. The minimum atomic E-state index is 0.417. The lowest BCUT2D eigenvalue weighted by atomic mass is 9.82. The van der Waals surface area contributed by atoms with E-state index in [-0.39, 0.29) is 0 Å². The van der Waals surface area contributed by atoms with E-state index in [0.717, 1.165) is 13.0 Å². The summed E-state index contributed by atoms with van der Waals surface area (Å²) in [5.74, 6) is 0. The zero-order chi connectivity index (χ0) is 14.8. The summed E-state index contributed by atoms with van der Waals surface area (Å²) in [6.45, 7) is 14.3. The van der Waals surface area contributed by atoms with Crippen LogP contribution in [0.25, 0.3) is 0 Å². The van der Waals surface area contributed by atoms with Crippen LogP contribution in [0.15, 0.2) is 12.7 Å². The Morgan fingerprint density at radius 3 is 2.35 bits per heavy atom. The lowest BCUT2D eigenvalue weighted by Crippen LogP contribution is -2.60. The third-order valence-electron chi connectivity index (χ3n) is 5.05. The van der Waals surface area contributed by atoms with Gasteiger partial charge in [-0.2, -0.15) is 0 Å². The van der Waals surface area contributed by atoms with Gasteiger partial charge in [0, 0.05) is 11.6 Å². The van der Waals surface area contributed by atoms with Gasteiger partial charge in [0.25, 0.3) is 0 Å². The van der Waals surface area contributed by atoms with Crippen molar-refractivity contribution in [3.8, 4) is 0 Å². The molecular formula is C18H36N2. The molecule has 20 heavy (non-hydrogen) atoms. The van der Waals surface area contributed by atoms with E-state index < -0.39 is 0 Å². The summed E-state index contributed by atoms with van der Waals surface area (Å²) in [6.07, 6.45) is 12.6. The van der Waals surface area contributed by atoms with Gasteiger partial charge in [0.1, 0.15) is 0 Å². The Balaban J connectivity index is 2.81. The molecule has 0 amide bonds. The topological polar surface area (TPSA) is 15.3 Å². The van der Waals surface area contributed by atoms with Crippen LogP contribution < -0.4 is 5.32 Å². The van der Waals surface area contributed by atoms with Crippen molar-refractivity contribution in [1.82, 2.24) is 10.2 Å². The second kappa shape index (κ2) is 9.57. The molecule has 1 atom stereocenters. The first-order valence-electron chi connectivity index (χ1n) is 8.84. The Hall–Kier alpha value is -0.340. The molecule has 1 saturated carbocycles. The first-order valence-corrected chi connectivity index (χ1v) is 8.84. The molecule has 2 nitrogen and oxygen atoms in total. The molecule has 2 heteroatoms. The van der Waals surface area contributed by atoms with Gasteiger partial charge in [-0.25, -0.2) is 0 Å². The van der Waals surface area contributed by atoms with Crippen molar-refractivity contribution in [2.24, 2.45) is 0 Å². The molecule has 0 aromatic rings. The van der Waals surface area contributed by atoms with E-state index in [1.54, 1.807) is 0 Å². The van der Waals surface area contributed by atoms with E-state index in [4.69, 9.17) is 0 Å². The van der Waals surface area contributed by atoms with Crippen LogP contribution in [-0.2, 0) is 0 Å². The number of hydrogen-bond donors (Lipinski definition) is 1. The van der Waals surface area contributed by atoms with Gasteiger partial charge < -0.3 is 5.32 Å². The number of nitrogens with one attached hydrogen (secondary N) is 1. The molecule has 1 aliphatic rings. The summed E-state index contributed by atoms with van der Waals surface area (Å²) >= 11 is 0. The van der Waals surface area contributed by atoms with Crippen LogP contribution >= 0.6 is 0 Å². The number of rotatable bonds is 11. The Morgan fingerprint density at radius 1 is 1.20 bits per heavy atom. The van der Waals surface area contributed by atoms with Gasteiger partial charge in [0.05, 0.1) is 0 Å². The molecule has 0 saturated heterocycles. The summed E-state index contributed by atoms with van der Waals surface area (Å²) in [5, 5.41) is 3.88. The van der Waals surface area contributed by atoms with E-state index in [0.29, 0.717) is 11.6 Å². The predicted octanol–water partition coefficient (Wildman–Crippen LogP) is 4.37. The summed E-state index contributed by atoms with van der Waals surface area (Å²) in [7, 11) is 0. The van der Waals surface area contributed by atoms with Crippen molar-refractivity contribution < 1.29 is 0 Å². The third kappa shape index (κ3) is 4.33. The molecule has 0 heterocycles. The molecular weight excluding hydrogens is 244 g/mol. The minimum Gasteiger partial charge on any atom is -0.312 e.